The molecule has 180 valence electrons. The van der Waals surface area contributed by atoms with Crippen LogP contribution in [0.2, 0.25) is 0 Å². The lowest BCUT2D eigenvalue weighted by atomic mass is 9.92. The topological polar surface area (TPSA) is 48.1 Å². The van der Waals surface area contributed by atoms with Crippen LogP contribution in [0.5, 0.6) is 5.75 Å². The fourth-order valence-electron chi connectivity index (χ4n) is 4.17. The number of aryl methyl sites for hydroxylation is 3. The van der Waals surface area contributed by atoms with Gasteiger partial charge < -0.3 is 10.5 Å². The summed E-state index contributed by atoms with van der Waals surface area (Å²) in [5.41, 5.74) is 12.5. The summed E-state index contributed by atoms with van der Waals surface area (Å²) in [5.74, 6) is 8.34. The molecule has 1 aliphatic carbocycles. The van der Waals surface area contributed by atoms with Crippen molar-refractivity contribution >= 4 is 23.7 Å². The number of methoxy groups -OCH3 is 1. The molecule has 0 bridgehead atoms. The van der Waals surface area contributed by atoms with Crippen molar-refractivity contribution in [3.63, 3.8) is 0 Å². The molecule has 3 nitrogen and oxygen atoms in total. The van der Waals surface area contributed by atoms with E-state index in [0.717, 1.165) is 50.0 Å². The average molecular weight is 499 g/mol. The second kappa shape index (κ2) is 11.4. The zero-order chi connectivity index (χ0) is 23.5. The number of aromatic nitrogens is 1. The first-order valence-corrected chi connectivity index (χ1v) is 12.3. The van der Waals surface area contributed by atoms with Crippen LogP contribution in [0.3, 0.4) is 0 Å². The van der Waals surface area contributed by atoms with Gasteiger partial charge in [0.1, 0.15) is 23.5 Å². The van der Waals surface area contributed by atoms with Crippen LogP contribution < -0.4 is 10.5 Å². The van der Waals surface area contributed by atoms with Crippen molar-refractivity contribution in [2.75, 3.05) is 7.11 Å². The maximum Gasteiger partial charge on any atom is 0.123 e. The normalized spacial score (nSPS) is 14.5. The molecule has 6 heteroatoms. The largest absolute Gasteiger partial charge is 0.496 e. The zero-order valence-electron chi connectivity index (χ0n) is 20.2. The van der Waals surface area contributed by atoms with Crippen molar-refractivity contribution in [2.45, 2.75) is 58.7 Å². The van der Waals surface area contributed by atoms with Crippen LogP contribution in [0, 0.1) is 38.5 Å². The lowest BCUT2D eigenvalue weighted by Crippen LogP contribution is -2.08. The van der Waals surface area contributed by atoms with Gasteiger partial charge in [-0.15, -0.1) is 23.7 Å². The van der Waals surface area contributed by atoms with Crippen LogP contribution in [0.15, 0.2) is 36.4 Å². The summed E-state index contributed by atoms with van der Waals surface area (Å²) in [6, 6.07) is 11.5. The van der Waals surface area contributed by atoms with E-state index in [2.05, 4.69) is 37.8 Å². The molecule has 2 aromatic carbocycles. The van der Waals surface area contributed by atoms with E-state index >= 15 is 0 Å². The summed E-state index contributed by atoms with van der Waals surface area (Å²) in [4.78, 5) is 6.01. The molecular formula is C28H32ClFN2OS. The highest BCUT2D eigenvalue weighted by Crippen LogP contribution is 2.39. The number of hydrogen-bond donors (Lipinski definition) is 1. The number of benzene rings is 2. The fourth-order valence-corrected chi connectivity index (χ4v) is 5.06. The van der Waals surface area contributed by atoms with Crippen LogP contribution in [0.1, 0.15) is 63.4 Å². The SMILES string of the molecule is COc1cc(C)c(-c2nc(C(N)C#C[C@@H](CC3CC3)c3cccc(CF)c3)sc2C)cc1C.Cl. The van der Waals surface area contributed by atoms with Crippen molar-refractivity contribution in [1.29, 1.82) is 0 Å². The van der Waals surface area contributed by atoms with E-state index in [9.17, 15) is 4.39 Å². The predicted molar refractivity (Wildman–Crippen MR) is 142 cm³/mol. The molecule has 1 fully saturated rings. The van der Waals surface area contributed by atoms with Gasteiger partial charge in [-0.2, -0.15) is 0 Å². The number of nitrogens with zero attached hydrogens (tertiary/aromatic N) is 1. The second-order valence-electron chi connectivity index (χ2n) is 8.97. The molecule has 0 aliphatic heterocycles. The van der Waals surface area contributed by atoms with E-state index in [4.69, 9.17) is 15.5 Å². The van der Waals surface area contributed by atoms with Crippen molar-refractivity contribution in [3.8, 4) is 28.8 Å². The molecule has 0 saturated heterocycles. The minimum Gasteiger partial charge on any atom is -0.496 e. The second-order valence-corrected chi connectivity index (χ2v) is 10.2. The number of halogens is 2. The van der Waals surface area contributed by atoms with Crippen molar-refractivity contribution in [1.82, 2.24) is 4.98 Å². The maximum atomic E-state index is 13.2. The van der Waals surface area contributed by atoms with Gasteiger partial charge in [0.05, 0.1) is 12.8 Å². The maximum absolute atomic E-state index is 13.2. The Hall–Kier alpha value is -2.39. The molecule has 0 radical (unpaired) electrons. The first-order chi connectivity index (χ1) is 15.9. The van der Waals surface area contributed by atoms with Gasteiger partial charge in [0.15, 0.2) is 0 Å². The first kappa shape index (κ1) is 26.2. The highest BCUT2D eigenvalue weighted by atomic mass is 35.5. The van der Waals surface area contributed by atoms with Gasteiger partial charge in [0.25, 0.3) is 0 Å². The molecule has 34 heavy (non-hydrogen) atoms. The number of thiazole rings is 1. The molecule has 0 amide bonds. The quantitative estimate of drug-likeness (QED) is 0.350. The predicted octanol–water partition coefficient (Wildman–Crippen LogP) is 7.22. The van der Waals surface area contributed by atoms with E-state index in [1.807, 2.05) is 31.2 Å². The van der Waals surface area contributed by atoms with Gasteiger partial charge >= 0.3 is 0 Å². The molecule has 1 heterocycles. The van der Waals surface area contributed by atoms with Gasteiger partial charge in [0.2, 0.25) is 0 Å². The molecule has 1 saturated carbocycles. The Kier molecular flexibility index (Phi) is 8.76. The Morgan fingerprint density at radius 2 is 1.91 bits per heavy atom. The van der Waals surface area contributed by atoms with Gasteiger partial charge in [-0.05, 0) is 67.5 Å². The average Bonchev–Trinajstić information content (AvgIpc) is 3.56. The summed E-state index contributed by atoms with van der Waals surface area (Å²) in [6.07, 6.45) is 3.51. The Morgan fingerprint density at radius 3 is 2.59 bits per heavy atom. The standard InChI is InChI=1S/C28H31FN2OS.ClH/c1-17-13-26(32-4)18(2)12-24(17)27-19(3)33-28(31-27)25(30)11-10-23(14-20-8-9-20)22-7-5-6-21(15-22)16-29;/h5-7,12-13,15,20,23,25H,8-9,14,16,30H2,1-4H3;1H/t23-,25?;/m0./s1. The summed E-state index contributed by atoms with van der Waals surface area (Å²) < 4.78 is 18.6. The summed E-state index contributed by atoms with van der Waals surface area (Å²) in [5, 5.41) is 0.825. The third kappa shape index (κ3) is 5.99. The van der Waals surface area contributed by atoms with Gasteiger partial charge in [-0.25, -0.2) is 9.37 Å². The van der Waals surface area contributed by atoms with Gasteiger partial charge in [-0.3, -0.25) is 0 Å². The molecular weight excluding hydrogens is 467 g/mol. The number of hydrogen-bond acceptors (Lipinski definition) is 4. The van der Waals surface area contributed by atoms with E-state index < -0.39 is 12.7 Å². The molecule has 4 rings (SSSR count). The molecule has 1 unspecified atom stereocenters. The van der Waals surface area contributed by atoms with Gasteiger partial charge in [0, 0.05) is 16.4 Å². The van der Waals surface area contributed by atoms with Crippen molar-refractivity contribution in [3.05, 3.63) is 68.5 Å². The van der Waals surface area contributed by atoms with Crippen molar-refractivity contribution < 1.29 is 9.13 Å². The zero-order valence-corrected chi connectivity index (χ0v) is 21.8. The highest BCUT2D eigenvalue weighted by Gasteiger charge is 2.26. The minimum absolute atomic E-state index is 0. The third-order valence-corrected chi connectivity index (χ3v) is 7.32. The summed E-state index contributed by atoms with van der Waals surface area (Å²) in [7, 11) is 1.69. The van der Waals surface area contributed by atoms with Crippen LogP contribution >= 0.6 is 23.7 Å². The Bertz CT molecular complexity index is 1210. The Labute approximate surface area is 212 Å². The number of ether oxygens (including phenoxy) is 1. The smallest absolute Gasteiger partial charge is 0.123 e. The van der Waals surface area contributed by atoms with E-state index in [-0.39, 0.29) is 18.3 Å². The number of alkyl halides is 1. The van der Waals surface area contributed by atoms with E-state index in [0.29, 0.717) is 11.5 Å². The molecule has 1 aliphatic rings. The summed E-state index contributed by atoms with van der Waals surface area (Å²) >= 11 is 1.60. The molecule has 2 atom stereocenters. The molecule has 1 aromatic heterocycles. The highest BCUT2D eigenvalue weighted by molar-refractivity contribution is 7.12. The van der Waals surface area contributed by atoms with Crippen LogP contribution in [-0.4, -0.2) is 12.1 Å². The Morgan fingerprint density at radius 1 is 1.15 bits per heavy atom. The third-order valence-electron chi connectivity index (χ3n) is 6.26. The monoisotopic (exact) mass is 498 g/mol. The number of nitrogens with two attached hydrogens (primary N) is 1. The minimum atomic E-state index is -0.456. The van der Waals surface area contributed by atoms with Gasteiger partial charge in [-0.1, -0.05) is 48.9 Å². The summed E-state index contributed by atoms with van der Waals surface area (Å²) in [6.45, 7) is 5.74. The van der Waals surface area contributed by atoms with Crippen molar-refractivity contribution in [2.24, 2.45) is 11.7 Å². The lowest BCUT2D eigenvalue weighted by molar-refractivity contribution is 0.411. The van der Waals surface area contributed by atoms with E-state index in [1.165, 1.54) is 12.8 Å². The van der Waals surface area contributed by atoms with Crippen LogP contribution in [0.4, 0.5) is 4.39 Å². The van der Waals surface area contributed by atoms with Crippen LogP contribution in [0.25, 0.3) is 11.3 Å². The van der Waals surface area contributed by atoms with E-state index in [1.54, 1.807) is 18.4 Å². The Balaban J connectivity index is 0.00000324. The lowest BCUT2D eigenvalue weighted by Gasteiger charge is -2.12. The molecule has 0 spiro atoms. The van der Waals surface area contributed by atoms with Crippen LogP contribution in [-0.2, 0) is 6.67 Å². The number of rotatable bonds is 7. The molecule has 3 aromatic rings. The first-order valence-electron chi connectivity index (χ1n) is 11.4. The fraction of sp³-hybridized carbons (Fsp3) is 0.393. The molecule has 2 N–H and O–H groups in total.